The lowest BCUT2D eigenvalue weighted by Gasteiger charge is -2.26. The molecule has 0 bridgehead atoms. The SMILES string of the molecule is CCOc1ccc2nc(SCC(=O)N[C@H]3CCCc4ccccc43)[nH]c2c1. The van der Waals surface area contributed by atoms with Crippen molar-refractivity contribution in [1.82, 2.24) is 15.3 Å². The van der Waals surface area contributed by atoms with Crippen molar-refractivity contribution in [2.45, 2.75) is 37.4 Å². The molecule has 0 aliphatic heterocycles. The normalized spacial score (nSPS) is 16.1. The average Bonchev–Trinajstić information content (AvgIpc) is 3.09. The Labute approximate surface area is 162 Å². The summed E-state index contributed by atoms with van der Waals surface area (Å²) >= 11 is 1.42. The summed E-state index contributed by atoms with van der Waals surface area (Å²) in [7, 11) is 0. The number of benzene rings is 2. The zero-order valence-electron chi connectivity index (χ0n) is 15.3. The van der Waals surface area contributed by atoms with Gasteiger partial charge in [-0.3, -0.25) is 4.79 Å². The second-order valence-electron chi connectivity index (χ2n) is 6.65. The number of amides is 1. The molecule has 27 heavy (non-hydrogen) atoms. The molecule has 1 atom stereocenters. The van der Waals surface area contributed by atoms with E-state index >= 15 is 0 Å². The Hall–Kier alpha value is -2.47. The Bertz CT molecular complexity index is 954. The van der Waals surface area contributed by atoms with Gasteiger partial charge in [0.05, 0.1) is 29.4 Å². The van der Waals surface area contributed by atoms with Crippen LogP contribution in [-0.2, 0) is 11.2 Å². The third-order valence-electron chi connectivity index (χ3n) is 4.79. The maximum atomic E-state index is 12.5. The lowest BCUT2D eigenvalue weighted by molar-refractivity contribution is -0.119. The summed E-state index contributed by atoms with van der Waals surface area (Å²) in [5.74, 6) is 1.20. The second kappa shape index (κ2) is 8.05. The van der Waals surface area contributed by atoms with Gasteiger partial charge >= 0.3 is 0 Å². The number of aryl methyl sites for hydroxylation is 1. The third-order valence-corrected chi connectivity index (χ3v) is 5.66. The summed E-state index contributed by atoms with van der Waals surface area (Å²) in [6, 6.07) is 14.3. The first-order valence-corrected chi connectivity index (χ1v) is 10.3. The number of rotatable bonds is 6. The molecule has 4 rings (SSSR count). The first-order valence-electron chi connectivity index (χ1n) is 9.35. The Morgan fingerprint density at radius 2 is 2.22 bits per heavy atom. The Morgan fingerprint density at radius 1 is 1.33 bits per heavy atom. The van der Waals surface area contributed by atoms with Gasteiger partial charge in [-0.05, 0) is 49.4 Å². The quantitative estimate of drug-likeness (QED) is 0.627. The molecule has 1 aliphatic rings. The summed E-state index contributed by atoms with van der Waals surface area (Å²) in [5.41, 5.74) is 4.41. The Balaban J connectivity index is 1.38. The van der Waals surface area contributed by atoms with Gasteiger partial charge in [-0.2, -0.15) is 0 Å². The minimum absolute atomic E-state index is 0.0390. The lowest BCUT2D eigenvalue weighted by atomic mass is 9.88. The molecule has 5 nitrogen and oxygen atoms in total. The van der Waals surface area contributed by atoms with Crippen LogP contribution in [0.4, 0.5) is 0 Å². The zero-order valence-corrected chi connectivity index (χ0v) is 16.1. The highest BCUT2D eigenvalue weighted by atomic mass is 32.2. The van der Waals surface area contributed by atoms with E-state index in [-0.39, 0.29) is 11.9 Å². The van der Waals surface area contributed by atoms with Crippen LogP contribution in [0.25, 0.3) is 11.0 Å². The third kappa shape index (κ3) is 4.11. The number of nitrogens with zero attached hydrogens (tertiary/aromatic N) is 1. The molecule has 0 saturated heterocycles. The summed E-state index contributed by atoms with van der Waals surface area (Å²) < 4.78 is 5.52. The van der Waals surface area contributed by atoms with E-state index in [1.807, 2.05) is 31.2 Å². The average molecular weight is 382 g/mol. The van der Waals surface area contributed by atoms with E-state index in [0.29, 0.717) is 12.4 Å². The van der Waals surface area contributed by atoms with E-state index in [0.717, 1.165) is 41.2 Å². The van der Waals surface area contributed by atoms with Gasteiger partial charge in [0.25, 0.3) is 0 Å². The van der Waals surface area contributed by atoms with Crippen LogP contribution in [0.5, 0.6) is 5.75 Å². The fourth-order valence-corrected chi connectivity index (χ4v) is 4.26. The minimum Gasteiger partial charge on any atom is -0.494 e. The van der Waals surface area contributed by atoms with E-state index in [9.17, 15) is 4.79 Å². The summed E-state index contributed by atoms with van der Waals surface area (Å²) in [4.78, 5) is 20.3. The van der Waals surface area contributed by atoms with Crippen molar-refractivity contribution < 1.29 is 9.53 Å². The highest BCUT2D eigenvalue weighted by Gasteiger charge is 2.21. The predicted molar refractivity (Wildman–Crippen MR) is 108 cm³/mol. The van der Waals surface area contributed by atoms with Crippen molar-refractivity contribution in [2.75, 3.05) is 12.4 Å². The maximum Gasteiger partial charge on any atom is 0.230 e. The fourth-order valence-electron chi connectivity index (χ4n) is 3.56. The molecule has 1 aliphatic carbocycles. The van der Waals surface area contributed by atoms with Crippen LogP contribution in [0.15, 0.2) is 47.6 Å². The van der Waals surface area contributed by atoms with Crippen LogP contribution in [0, 0.1) is 0 Å². The summed E-state index contributed by atoms with van der Waals surface area (Å²) in [6.07, 6.45) is 3.21. The molecular formula is C21H23N3O2S. The topological polar surface area (TPSA) is 67.0 Å². The molecule has 0 radical (unpaired) electrons. The Kier molecular flexibility index (Phi) is 5.34. The van der Waals surface area contributed by atoms with Gasteiger partial charge in [0.2, 0.25) is 5.91 Å². The molecule has 1 heterocycles. The highest BCUT2D eigenvalue weighted by Crippen LogP contribution is 2.29. The molecule has 2 aromatic carbocycles. The molecule has 0 unspecified atom stereocenters. The second-order valence-corrected chi connectivity index (χ2v) is 7.62. The van der Waals surface area contributed by atoms with Crippen LogP contribution in [0.1, 0.15) is 36.9 Å². The number of nitrogens with one attached hydrogen (secondary N) is 2. The Morgan fingerprint density at radius 3 is 3.11 bits per heavy atom. The van der Waals surface area contributed by atoms with E-state index in [4.69, 9.17) is 4.74 Å². The number of aromatic amines is 1. The zero-order chi connectivity index (χ0) is 18.6. The molecular weight excluding hydrogens is 358 g/mol. The molecule has 6 heteroatoms. The first-order chi connectivity index (χ1) is 13.2. The molecule has 3 aromatic rings. The summed E-state index contributed by atoms with van der Waals surface area (Å²) in [6.45, 7) is 2.59. The van der Waals surface area contributed by atoms with Gasteiger partial charge in [0.15, 0.2) is 5.16 Å². The molecule has 0 saturated carbocycles. The lowest BCUT2D eigenvalue weighted by Crippen LogP contribution is -2.32. The maximum absolute atomic E-state index is 12.5. The van der Waals surface area contributed by atoms with Crippen molar-refractivity contribution in [2.24, 2.45) is 0 Å². The molecule has 0 fully saturated rings. The molecule has 140 valence electrons. The van der Waals surface area contributed by atoms with Crippen LogP contribution < -0.4 is 10.1 Å². The van der Waals surface area contributed by atoms with Gasteiger partial charge in [-0.25, -0.2) is 4.98 Å². The van der Waals surface area contributed by atoms with Gasteiger partial charge < -0.3 is 15.0 Å². The van der Waals surface area contributed by atoms with Gasteiger partial charge in [-0.15, -0.1) is 0 Å². The van der Waals surface area contributed by atoms with Crippen molar-refractivity contribution in [3.8, 4) is 5.75 Å². The largest absolute Gasteiger partial charge is 0.494 e. The van der Waals surface area contributed by atoms with Crippen molar-refractivity contribution in [3.63, 3.8) is 0 Å². The van der Waals surface area contributed by atoms with Crippen LogP contribution in [0.2, 0.25) is 0 Å². The number of imidazole rings is 1. The number of fused-ring (bicyclic) bond motifs is 2. The van der Waals surface area contributed by atoms with Crippen LogP contribution in [0.3, 0.4) is 0 Å². The fraction of sp³-hybridized carbons (Fsp3) is 0.333. The van der Waals surface area contributed by atoms with Crippen molar-refractivity contribution in [3.05, 3.63) is 53.6 Å². The number of hydrogen-bond donors (Lipinski definition) is 2. The van der Waals surface area contributed by atoms with Crippen molar-refractivity contribution in [1.29, 1.82) is 0 Å². The van der Waals surface area contributed by atoms with Gasteiger partial charge in [-0.1, -0.05) is 36.0 Å². The molecule has 1 amide bonds. The number of ether oxygens (including phenoxy) is 1. The molecule has 0 spiro atoms. The number of carbonyl (C=O) groups excluding carboxylic acids is 1. The first kappa shape index (κ1) is 17.9. The van der Waals surface area contributed by atoms with E-state index in [1.165, 1.54) is 22.9 Å². The standard InChI is InChI=1S/C21H23N3O2S/c1-2-26-15-10-11-18-19(12-15)24-21(23-18)27-13-20(25)22-17-9-5-7-14-6-3-4-8-16(14)17/h3-4,6,8,10-12,17H,2,5,7,9,13H2,1H3,(H,22,25)(H,23,24)/t17-/m0/s1. The number of carbonyl (C=O) groups is 1. The van der Waals surface area contributed by atoms with Gasteiger partial charge in [0, 0.05) is 6.07 Å². The monoisotopic (exact) mass is 381 g/mol. The number of thioether (sulfide) groups is 1. The molecule has 1 aromatic heterocycles. The number of H-pyrrole nitrogens is 1. The summed E-state index contributed by atoms with van der Waals surface area (Å²) in [5, 5.41) is 3.93. The minimum atomic E-state index is 0.0390. The van der Waals surface area contributed by atoms with E-state index in [1.54, 1.807) is 0 Å². The van der Waals surface area contributed by atoms with Crippen LogP contribution in [-0.4, -0.2) is 28.2 Å². The van der Waals surface area contributed by atoms with Crippen molar-refractivity contribution >= 4 is 28.7 Å². The molecule has 2 N–H and O–H groups in total. The van der Waals surface area contributed by atoms with Gasteiger partial charge in [0.1, 0.15) is 5.75 Å². The number of aromatic nitrogens is 2. The smallest absolute Gasteiger partial charge is 0.230 e. The number of hydrogen-bond acceptors (Lipinski definition) is 4. The van der Waals surface area contributed by atoms with E-state index in [2.05, 4.69) is 33.5 Å². The predicted octanol–water partition coefficient (Wildman–Crippen LogP) is 4.25. The van der Waals surface area contributed by atoms with Crippen LogP contribution >= 0.6 is 11.8 Å². The highest BCUT2D eigenvalue weighted by molar-refractivity contribution is 7.99. The van der Waals surface area contributed by atoms with E-state index < -0.39 is 0 Å².